The monoisotopic (exact) mass is 294 g/mol. The molecule has 3 nitrogen and oxygen atoms in total. The number of likely N-dealkylation sites (tertiary alicyclic amines) is 1. The first-order valence-electron chi connectivity index (χ1n) is 7.62. The molecule has 20 heavy (non-hydrogen) atoms. The van der Waals surface area contributed by atoms with E-state index in [9.17, 15) is 4.79 Å². The second kappa shape index (κ2) is 6.35. The minimum absolute atomic E-state index is 0.299. The van der Waals surface area contributed by atoms with Crippen molar-refractivity contribution < 1.29 is 4.79 Å². The molecule has 1 aliphatic rings. The van der Waals surface area contributed by atoms with Crippen molar-refractivity contribution in [1.29, 1.82) is 0 Å². The highest BCUT2D eigenvalue weighted by Crippen LogP contribution is 2.24. The maximum atomic E-state index is 12.7. The van der Waals surface area contributed by atoms with Crippen LogP contribution in [0.15, 0.2) is 0 Å². The molecule has 0 saturated carbocycles. The second-order valence-corrected chi connectivity index (χ2v) is 7.60. The van der Waals surface area contributed by atoms with Gasteiger partial charge in [-0.25, -0.2) is 4.98 Å². The zero-order chi connectivity index (χ0) is 14.8. The highest BCUT2D eigenvalue weighted by molar-refractivity contribution is 7.11. The molecule has 1 saturated heterocycles. The van der Waals surface area contributed by atoms with E-state index in [1.807, 2.05) is 6.92 Å². The number of nitrogens with zero attached hydrogens (tertiary/aromatic N) is 2. The second-order valence-electron chi connectivity index (χ2n) is 6.31. The lowest BCUT2D eigenvalue weighted by atomic mass is 9.94. The van der Waals surface area contributed by atoms with Crippen LogP contribution in [0.2, 0.25) is 0 Å². The van der Waals surface area contributed by atoms with Crippen LogP contribution < -0.4 is 0 Å². The van der Waals surface area contributed by atoms with Gasteiger partial charge in [-0.2, -0.15) is 0 Å². The molecule has 0 bridgehead atoms. The maximum absolute atomic E-state index is 12.7. The smallest absolute Gasteiger partial charge is 0.159 e. The fraction of sp³-hybridized carbons (Fsp3) is 0.750. The average Bonchev–Trinajstić information content (AvgIpc) is 2.62. The number of aromatic nitrogens is 1. The van der Waals surface area contributed by atoms with Crippen molar-refractivity contribution in [2.24, 2.45) is 0 Å². The van der Waals surface area contributed by atoms with E-state index in [1.165, 1.54) is 30.6 Å². The summed E-state index contributed by atoms with van der Waals surface area (Å²) in [6.07, 6.45) is 5.50. The number of rotatable bonds is 4. The van der Waals surface area contributed by atoms with Gasteiger partial charge in [-0.05, 0) is 53.6 Å². The molecule has 1 aromatic heterocycles. The molecule has 0 amide bonds. The van der Waals surface area contributed by atoms with E-state index >= 15 is 0 Å². The minimum atomic E-state index is -0.363. The number of Topliss-reactive ketones (excluding diaryl/α,β-unsaturated/α-hetero) is 1. The summed E-state index contributed by atoms with van der Waals surface area (Å²) in [6, 6.07) is 0. The first-order chi connectivity index (χ1) is 9.41. The third kappa shape index (κ3) is 3.47. The average molecular weight is 294 g/mol. The Morgan fingerprint density at radius 1 is 1.20 bits per heavy atom. The number of thiazole rings is 1. The van der Waals surface area contributed by atoms with E-state index in [0.717, 1.165) is 23.8 Å². The maximum Gasteiger partial charge on any atom is 0.159 e. The van der Waals surface area contributed by atoms with E-state index in [1.54, 1.807) is 11.3 Å². The summed E-state index contributed by atoms with van der Waals surface area (Å²) in [4.78, 5) is 20.8. The molecule has 2 heterocycles. The molecule has 0 N–H and O–H groups in total. The molecule has 1 aromatic rings. The van der Waals surface area contributed by atoms with Crippen LogP contribution in [0.3, 0.4) is 0 Å². The predicted octanol–water partition coefficient (Wildman–Crippen LogP) is 3.53. The Labute approximate surface area is 126 Å². The molecule has 0 aliphatic carbocycles. The summed E-state index contributed by atoms with van der Waals surface area (Å²) in [7, 11) is 0. The fourth-order valence-electron chi connectivity index (χ4n) is 2.77. The third-order valence-electron chi connectivity index (χ3n) is 4.46. The van der Waals surface area contributed by atoms with E-state index in [0.29, 0.717) is 12.2 Å². The van der Waals surface area contributed by atoms with E-state index in [-0.39, 0.29) is 5.54 Å². The molecule has 0 atom stereocenters. The van der Waals surface area contributed by atoms with Crippen LogP contribution in [-0.4, -0.2) is 34.3 Å². The van der Waals surface area contributed by atoms with E-state index in [4.69, 9.17) is 0 Å². The largest absolute Gasteiger partial charge is 0.297 e. The van der Waals surface area contributed by atoms with Gasteiger partial charge < -0.3 is 0 Å². The van der Waals surface area contributed by atoms with Crippen LogP contribution in [0.25, 0.3) is 0 Å². The normalized spacial score (nSPS) is 18.0. The summed E-state index contributed by atoms with van der Waals surface area (Å²) in [5.74, 6) is 0.299. The van der Waals surface area contributed by atoms with Crippen molar-refractivity contribution in [3.63, 3.8) is 0 Å². The molecule has 2 rings (SSSR count). The van der Waals surface area contributed by atoms with Crippen molar-refractivity contribution >= 4 is 17.1 Å². The lowest BCUT2D eigenvalue weighted by Crippen LogP contribution is -2.51. The van der Waals surface area contributed by atoms with E-state index in [2.05, 4.69) is 30.7 Å². The summed E-state index contributed by atoms with van der Waals surface area (Å²) in [5, 5.41) is 0.966. The van der Waals surface area contributed by atoms with Gasteiger partial charge in [0.15, 0.2) is 5.78 Å². The van der Waals surface area contributed by atoms with Crippen molar-refractivity contribution in [2.75, 3.05) is 13.1 Å². The van der Waals surface area contributed by atoms with Gasteiger partial charge >= 0.3 is 0 Å². The zero-order valence-electron chi connectivity index (χ0n) is 13.2. The number of carbonyl (C=O) groups is 1. The first kappa shape index (κ1) is 15.6. The topological polar surface area (TPSA) is 33.2 Å². The van der Waals surface area contributed by atoms with Gasteiger partial charge in [0, 0.05) is 4.88 Å². The summed E-state index contributed by atoms with van der Waals surface area (Å²) < 4.78 is 0. The molecule has 0 aromatic carbocycles. The molecule has 0 spiro atoms. The van der Waals surface area contributed by atoms with Gasteiger partial charge in [0.2, 0.25) is 0 Å². The van der Waals surface area contributed by atoms with Gasteiger partial charge in [0.25, 0.3) is 0 Å². The van der Waals surface area contributed by atoms with Gasteiger partial charge in [0.05, 0.1) is 17.7 Å². The van der Waals surface area contributed by atoms with Crippen molar-refractivity contribution in [2.45, 2.75) is 65.3 Å². The molecule has 0 radical (unpaired) electrons. The molecule has 112 valence electrons. The van der Waals surface area contributed by atoms with Crippen molar-refractivity contribution in [1.82, 2.24) is 9.88 Å². The molecular formula is C16H26N2OS. The molecule has 4 heteroatoms. The van der Waals surface area contributed by atoms with Gasteiger partial charge in [-0.3, -0.25) is 9.69 Å². The number of aryl methyl sites for hydroxylation is 2. The number of ketones is 1. The van der Waals surface area contributed by atoms with Crippen molar-refractivity contribution in [3.05, 3.63) is 15.6 Å². The standard InChI is InChI=1S/C16H26N2OS/c1-12-13(2)20-15(17-12)11-14(19)16(3,4)18-9-7-5-6-8-10-18/h5-11H2,1-4H3. The Morgan fingerprint density at radius 2 is 1.80 bits per heavy atom. The van der Waals surface area contributed by atoms with Crippen LogP contribution in [-0.2, 0) is 11.2 Å². The van der Waals surface area contributed by atoms with Crippen molar-refractivity contribution in [3.8, 4) is 0 Å². The third-order valence-corrected chi connectivity index (χ3v) is 5.54. The summed E-state index contributed by atoms with van der Waals surface area (Å²) in [6.45, 7) is 10.3. The first-order valence-corrected chi connectivity index (χ1v) is 8.44. The lowest BCUT2D eigenvalue weighted by molar-refractivity contribution is -0.128. The van der Waals surface area contributed by atoms with E-state index < -0.39 is 0 Å². The Kier molecular flexibility index (Phi) is 4.97. The fourth-order valence-corrected chi connectivity index (χ4v) is 3.71. The highest BCUT2D eigenvalue weighted by Gasteiger charge is 2.34. The Morgan fingerprint density at radius 3 is 2.30 bits per heavy atom. The number of hydrogen-bond donors (Lipinski definition) is 0. The van der Waals surface area contributed by atoms with Crippen LogP contribution in [0.4, 0.5) is 0 Å². The molecule has 0 unspecified atom stereocenters. The molecular weight excluding hydrogens is 268 g/mol. The summed E-state index contributed by atoms with van der Waals surface area (Å²) >= 11 is 1.66. The van der Waals surface area contributed by atoms with Gasteiger partial charge in [0.1, 0.15) is 5.01 Å². The molecule has 1 aliphatic heterocycles. The lowest BCUT2D eigenvalue weighted by Gasteiger charge is -2.36. The number of carbonyl (C=O) groups excluding carboxylic acids is 1. The SMILES string of the molecule is Cc1nc(CC(=O)C(C)(C)N2CCCCCC2)sc1C. The van der Waals surface area contributed by atoms with Gasteiger partial charge in [-0.15, -0.1) is 11.3 Å². The molecule has 1 fully saturated rings. The highest BCUT2D eigenvalue weighted by atomic mass is 32.1. The predicted molar refractivity (Wildman–Crippen MR) is 84.4 cm³/mol. The Bertz CT molecular complexity index is 451. The summed E-state index contributed by atoms with van der Waals surface area (Å²) in [5.41, 5.74) is 0.697. The van der Waals surface area contributed by atoms with Gasteiger partial charge in [-0.1, -0.05) is 12.8 Å². The van der Waals surface area contributed by atoms with Crippen LogP contribution in [0.1, 0.15) is 55.1 Å². The number of hydrogen-bond acceptors (Lipinski definition) is 4. The minimum Gasteiger partial charge on any atom is -0.297 e. The van der Waals surface area contributed by atoms with Crippen LogP contribution in [0, 0.1) is 13.8 Å². The Balaban J connectivity index is 2.05. The Hall–Kier alpha value is -0.740. The van der Waals surface area contributed by atoms with Crippen LogP contribution >= 0.6 is 11.3 Å². The zero-order valence-corrected chi connectivity index (χ0v) is 14.0. The van der Waals surface area contributed by atoms with Crippen LogP contribution in [0.5, 0.6) is 0 Å². The quantitative estimate of drug-likeness (QED) is 0.852.